The van der Waals surface area contributed by atoms with Crippen LogP contribution in [0.5, 0.6) is 23.0 Å². The predicted octanol–water partition coefficient (Wildman–Crippen LogP) is 5.22. The van der Waals surface area contributed by atoms with Crippen LogP contribution in [0.3, 0.4) is 0 Å². The zero-order valence-corrected chi connectivity index (χ0v) is 20.8. The zero-order valence-electron chi connectivity index (χ0n) is 19.2. The summed E-state index contributed by atoms with van der Waals surface area (Å²) in [6.07, 6.45) is 0.924. The molecule has 0 spiro atoms. The van der Waals surface area contributed by atoms with Gasteiger partial charge in [0.15, 0.2) is 6.61 Å². The molecule has 1 atom stereocenters. The van der Waals surface area contributed by atoms with Crippen molar-refractivity contribution in [3.63, 3.8) is 0 Å². The van der Waals surface area contributed by atoms with Crippen LogP contribution in [-0.2, 0) is 11.2 Å². The molecule has 4 rings (SSSR count). The van der Waals surface area contributed by atoms with Gasteiger partial charge in [0.2, 0.25) is 5.88 Å². The maximum atomic E-state index is 12.4. The number of hydrogen-bond donors (Lipinski definition) is 1. The lowest BCUT2D eigenvalue weighted by molar-refractivity contribution is -0.136. The number of carbonyl (C=O) groups is 1. The minimum absolute atomic E-state index is 0.0191. The summed E-state index contributed by atoms with van der Waals surface area (Å²) in [5, 5.41) is 9.80. The molecule has 0 fully saturated rings. The van der Waals surface area contributed by atoms with E-state index in [-0.39, 0.29) is 23.8 Å². The van der Waals surface area contributed by atoms with E-state index in [0.717, 1.165) is 16.5 Å². The summed E-state index contributed by atoms with van der Waals surface area (Å²) in [6.45, 7) is 1.82. The van der Waals surface area contributed by atoms with Gasteiger partial charge in [-0.1, -0.05) is 41.1 Å². The van der Waals surface area contributed by atoms with Gasteiger partial charge in [-0.2, -0.15) is 5.26 Å². The van der Waals surface area contributed by atoms with Gasteiger partial charge < -0.3 is 24.7 Å². The smallest absolute Gasteiger partial charge is 0.349 e. The van der Waals surface area contributed by atoms with Gasteiger partial charge >= 0.3 is 5.97 Å². The summed E-state index contributed by atoms with van der Waals surface area (Å²) in [5.41, 5.74) is 8.99. The predicted molar refractivity (Wildman–Crippen MR) is 133 cm³/mol. The van der Waals surface area contributed by atoms with Crippen LogP contribution in [0.25, 0.3) is 0 Å². The second-order valence-electron chi connectivity index (χ2n) is 7.77. The standard InChI is InChI=1S/C27H23BrN2O5/c1-3-16-4-7-18(8-5-16)33-15-25(31)34-19-9-10-20-24(13-19)35-27(30)22(14-29)26(20)21-12-17(28)6-11-23(21)32-2/h4-13,26H,3,15,30H2,1-2H3. The molecular weight excluding hydrogens is 512 g/mol. The lowest BCUT2D eigenvalue weighted by Crippen LogP contribution is -2.22. The van der Waals surface area contributed by atoms with Crippen LogP contribution in [0.4, 0.5) is 0 Å². The van der Waals surface area contributed by atoms with Crippen LogP contribution in [-0.4, -0.2) is 19.7 Å². The molecule has 0 radical (unpaired) electrons. The second kappa shape index (κ2) is 10.5. The molecule has 0 amide bonds. The first kappa shape index (κ1) is 24.2. The summed E-state index contributed by atoms with van der Waals surface area (Å²) in [7, 11) is 1.56. The summed E-state index contributed by atoms with van der Waals surface area (Å²) in [5.74, 6) is 0.741. The number of hydrogen-bond acceptors (Lipinski definition) is 7. The van der Waals surface area contributed by atoms with Gasteiger partial charge in [-0.05, 0) is 48.4 Å². The third kappa shape index (κ3) is 5.26. The van der Waals surface area contributed by atoms with Gasteiger partial charge in [0, 0.05) is 21.7 Å². The van der Waals surface area contributed by atoms with E-state index in [1.807, 2.05) is 42.5 Å². The van der Waals surface area contributed by atoms with Crippen LogP contribution >= 0.6 is 15.9 Å². The fourth-order valence-corrected chi connectivity index (χ4v) is 4.25. The van der Waals surface area contributed by atoms with Crippen molar-refractivity contribution >= 4 is 21.9 Å². The van der Waals surface area contributed by atoms with Crippen LogP contribution in [0.1, 0.15) is 29.5 Å². The molecule has 3 aromatic carbocycles. The van der Waals surface area contributed by atoms with Crippen molar-refractivity contribution < 1.29 is 23.7 Å². The highest BCUT2D eigenvalue weighted by Crippen LogP contribution is 2.46. The largest absolute Gasteiger partial charge is 0.496 e. The number of rotatable bonds is 7. The van der Waals surface area contributed by atoms with Crippen molar-refractivity contribution in [2.45, 2.75) is 19.3 Å². The minimum atomic E-state index is -0.563. The lowest BCUT2D eigenvalue weighted by atomic mass is 9.83. The molecule has 0 aliphatic carbocycles. The van der Waals surface area contributed by atoms with Gasteiger partial charge in [-0.3, -0.25) is 0 Å². The fourth-order valence-electron chi connectivity index (χ4n) is 3.87. The Morgan fingerprint density at radius 2 is 1.83 bits per heavy atom. The van der Waals surface area contributed by atoms with E-state index in [1.165, 1.54) is 5.56 Å². The first-order valence-electron chi connectivity index (χ1n) is 10.9. The number of halogens is 1. The molecule has 1 unspecified atom stereocenters. The molecule has 178 valence electrons. The molecule has 2 N–H and O–H groups in total. The number of fused-ring (bicyclic) bond motifs is 1. The third-order valence-electron chi connectivity index (χ3n) is 5.61. The molecule has 0 bridgehead atoms. The van der Waals surface area contributed by atoms with Gasteiger partial charge in [-0.15, -0.1) is 0 Å². The maximum Gasteiger partial charge on any atom is 0.349 e. The Hall–Kier alpha value is -3.96. The Morgan fingerprint density at radius 3 is 2.51 bits per heavy atom. The van der Waals surface area contributed by atoms with E-state index < -0.39 is 11.9 Å². The van der Waals surface area contributed by atoms with Crippen molar-refractivity contribution in [1.82, 2.24) is 0 Å². The van der Waals surface area contributed by atoms with E-state index in [4.69, 9.17) is 24.7 Å². The number of carbonyl (C=O) groups excluding carboxylic acids is 1. The van der Waals surface area contributed by atoms with E-state index >= 15 is 0 Å². The molecule has 3 aromatic rings. The number of nitrogens with zero attached hydrogens (tertiary/aromatic N) is 1. The van der Waals surface area contributed by atoms with Gasteiger partial charge in [0.25, 0.3) is 0 Å². The van der Waals surface area contributed by atoms with E-state index in [9.17, 15) is 10.1 Å². The quantitative estimate of drug-likeness (QED) is 0.327. The number of nitrogens with two attached hydrogens (primary N) is 1. The van der Waals surface area contributed by atoms with E-state index in [1.54, 1.807) is 25.3 Å². The highest BCUT2D eigenvalue weighted by Gasteiger charge is 2.33. The molecule has 7 nitrogen and oxygen atoms in total. The Labute approximate surface area is 211 Å². The van der Waals surface area contributed by atoms with Crippen molar-refractivity contribution in [3.8, 4) is 29.1 Å². The van der Waals surface area contributed by atoms with Gasteiger partial charge in [-0.25, -0.2) is 4.79 Å². The van der Waals surface area contributed by atoms with Gasteiger partial charge in [0.05, 0.1) is 13.0 Å². The van der Waals surface area contributed by atoms with Crippen LogP contribution in [0.2, 0.25) is 0 Å². The van der Waals surface area contributed by atoms with Crippen molar-refractivity contribution in [2.75, 3.05) is 13.7 Å². The summed E-state index contributed by atoms with van der Waals surface area (Å²) in [4.78, 5) is 12.4. The number of ether oxygens (including phenoxy) is 4. The van der Waals surface area contributed by atoms with Crippen LogP contribution in [0, 0.1) is 11.3 Å². The molecule has 1 heterocycles. The summed E-state index contributed by atoms with van der Waals surface area (Å²) >= 11 is 3.48. The molecule has 0 aromatic heterocycles. The van der Waals surface area contributed by atoms with Crippen molar-refractivity contribution in [3.05, 3.63) is 93.3 Å². The van der Waals surface area contributed by atoms with E-state index in [2.05, 4.69) is 28.9 Å². The average molecular weight is 535 g/mol. The van der Waals surface area contributed by atoms with Gasteiger partial charge in [0.1, 0.15) is 34.6 Å². The monoisotopic (exact) mass is 534 g/mol. The SMILES string of the molecule is CCc1ccc(OCC(=O)Oc2ccc3c(c2)OC(N)=C(C#N)C3c2cc(Br)ccc2OC)cc1. The summed E-state index contributed by atoms with van der Waals surface area (Å²) in [6, 6.07) is 20.2. The highest BCUT2D eigenvalue weighted by molar-refractivity contribution is 9.10. The normalized spacial score (nSPS) is 14.4. The topological polar surface area (TPSA) is 104 Å². The number of allylic oxidation sites excluding steroid dienone is 1. The first-order valence-corrected chi connectivity index (χ1v) is 11.7. The number of aryl methyl sites for hydroxylation is 1. The number of benzene rings is 3. The van der Waals surface area contributed by atoms with Crippen molar-refractivity contribution in [1.29, 1.82) is 5.26 Å². The summed E-state index contributed by atoms with van der Waals surface area (Å²) < 4.78 is 23.0. The van der Waals surface area contributed by atoms with Crippen LogP contribution < -0.4 is 24.7 Å². The number of nitriles is 1. The Balaban J connectivity index is 1.56. The average Bonchev–Trinajstić information content (AvgIpc) is 2.86. The Morgan fingerprint density at radius 1 is 1.09 bits per heavy atom. The third-order valence-corrected chi connectivity index (χ3v) is 6.11. The lowest BCUT2D eigenvalue weighted by Gasteiger charge is -2.27. The fraction of sp³-hybridized carbons (Fsp3) is 0.185. The first-order chi connectivity index (χ1) is 16.9. The van der Waals surface area contributed by atoms with Crippen LogP contribution in [0.15, 0.2) is 76.6 Å². The van der Waals surface area contributed by atoms with Crippen molar-refractivity contribution in [2.24, 2.45) is 5.73 Å². The molecule has 8 heteroatoms. The molecular formula is C27H23BrN2O5. The molecule has 1 aliphatic rings. The molecule has 0 saturated heterocycles. The minimum Gasteiger partial charge on any atom is -0.496 e. The zero-order chi connectivity index (χ0) is 24.9. The Kier molecular flexibility index (Phi) is 7.28. The molecule has 35 heavy (non-hydrogen) atoms. The maximum absolute atomic E-state index is 12.4. The molecule has 1 aliphatic heterocycles. The second-order valence-corrected chi connectivity index (χ2v) is 8.69. The Bertz CT molecular complexity index is 1330. The number of esters is 1. The number of methoxy groups -OCH3 is 1. The highest BCUT2D eigenvalue weighted by atomic mass is 79.9. The molecule has 0 saturated carbocycles. The van der Waals surface area contributed by atoms with E-state index in [0.29, 0.717) is 22.8 Å².